The van der Waals surface area contributed by atoms with E-state index in [1.54, 1.807) is 0 Å². The second kappa shape index (κ2) is 5.30. The second-order valence-electron chi connectivity index (χ2n) is 4.94. The van der Waals surface area contributed by atoms with E-state index in [0.717, 1.165) is 25.2 Å². The van der Waals surface area contributed by atoms with Crippen LogP contribution >= 0.6 is 0 Å². The van der Waals surface area contributed by atoms with Crippen LogP contribution in [-0.2, 0) is 10.0 Å². The van der Waals surface area contributed by atoms with Crippen molar-refractivity contribution in [1.82, 2.24) is 4.72 Å². The molecular weight excluding hydrogens is 210 g/mol. The van der Waals surface area contributed by atoms with Crippen molar-refractivity contribution in [3.05, 3.63) is 0 Å². The molecule has 1 rings (SSSR count). The molecule has 0 radical (unpaired) electrons. The fourth-order valence-electron chi connectivity index (χ4n) is 2.40. The average Bonchev–Trinajstić information content (AvgIpc) is 2.09. The van der Waals surface area contributed by atoms with E-state index in [2.05, 4.69) is 18.6 Å². The predicted octanol–water partition coefficient (Wildman–Crippen LogP) is 2.14. The zero-order valence-electron chi connectivity index (χ0n) is 9.99. The minimum absolute atomic E-state index is 0.165. The van der Waals surface area contributed by atoms with E-state index in [4.69, 9.17) is 0 Å². The Labute approximate surface area is 93.7 Å². The minimum atomic E-state index is -3.03. The van der Waals surface area contributed by atoms with Gasteiger partial charge in [-0.15, -0.1) is 0 Å². The highest BCUT2D eigenvalue weighted by atomic mass is 32.2. The van der Waals surface area contributed by atoms with E-state index in [1.165, 1.54) is 0 Å². The molecule has 4 heteroatoms. The first kappa shape index (κ1) is 13.0. The van der Waals surface area contributed by atoms with Crippen LogP contribution < -0.4 is 4.72 Å². The smallest absolute Gasteiger partial charge is 0.211 e. The van der Waals surface area contributed by atoms with Crippen LogP contribution in [0.15, 0.2) is 0 Å². The fraction of sp³-hybridized carbons (Fsp3) is 1.00. The van der Waals surface area contributed by atoms with Crippen molar-refractivity contribution in [3.8, 4) is 0 Å². The van der Waals surface area contributed by atoms with Crippen LogP contribution in [0.2, 0.25) is 0 Å². The normalized spacial score (nSPS) is 32.9. The Balaban J connectivity index is 2.51. The molecule has 1 saturated carbocycles. The van der Waals surface area contributed by atoms with Crippen molar-refractivity contribution < 1.29 is 8.42 Å². The lowest BCUT2D eigenvalue weighted by Crippen LogP contribution is -2.43. The summed E-state index contributed by atoms with van der Waals surface area (Å²) in [5.74, 6) is 1.47. The van der Waals surface area contributed by atoms with Gasteiger partial charge in [-0.05, 0) is 37.5 Å². The van der Waals surface area contributed by atoms with Gasteiger partial charge in [-0.1, -0.05) is 20.8 Å². The molecule has 0 amide bonds. The van der Waals surface area contributed by atoms with E-state index in [9.17, 15) is 8.42 Å². The van der Waals surface area contributed by atoms with Gasteiger partial charge in [0.25, 0.3) is 0 Å². The van der Waals surface area contributed by atoms with Crippen molar-refractivity contribution >= 4 is 10.0 Å². The van der Waals surface area contributed by atoms with Crippen molar-refractivity contribution in [2.75, 3.05) is 5.75 Å². The first-order valence-corrected chi connectivity index (χ1v) is 7.60. The Morgan fingerprint density at radius 1 is 1.27 bits per heavy atom. The lowest BCUT2D eigenvalue weighted by molar-refractivity contribution is 0.249. The van der Waals surface area contributed by atoms with Crippen molar-refractivity contribution in [3.63, 3.8) is 0 Å². The molecule has 1 fully saturated rings. The van der Waals surface area contributed by atoms with Crippen molar-refractivity contribution in [2.45, 2.75) is 52.5 Å². The standard InChI is InChI=1S/C11H23NO2S/c1-4-7-15(13,14)12-11-6-5-9(2)8-10(11)3/h9-12H,4-8H2,1-3H3. The zero-order valence-corrected chi connectivity index (χ0v) is 10.8. The lowest BCUT2D eigenvalue weighted by atomic mass is 9.80. The molecule has 90 valence electrons. The fourth-order valence-corrected chi connectivity index (χ4v) is 3.87. The van der Waals surface area contributed by atoms with Gasteiger partial charge < -0.3 is 0 Å². The van der Waals surface area contributed by atoms with E-state index >= 15 is 0 Å². The summed E-state index contributed by atoms with van der Waals surface area (Å²) in [6.45, 7) is 6.29. The first-order valence-electron chi connectivity index (χ1n) is 5.94. The highest BCUT2D eigenvalue weighted by Gasteiger charge is 2.28. The average molecular weight is 233 g/mol. The number of sulfonamides is 1. The first-order chi connectivity index (χ1) is 6.94. The third kappa shape index (κ3) is 4.11. The van der Waals surface area contributed by atoms with Gasteiger partial charge >= 0.3 is 0 Å². The number of hydrogen-bond donors (Lipinski definition) is 1. The van der Waals surface area contributed by atoms with Gasteiger partial charge in [0.2, 0.25) is 10.0 Å². The summed E-state index contributed by atoms with van der Waals surface area (Å²) in [6.07, 6.45) is 3.96. The quantitative estimate of drug-likeness (QED) is 0.808. The van der Waals surface area contributed by atoms with E-state index in [0.29, 0.717) is 12.3 Å². The molecule has 0 aliphatic heterocycles. The maximum absolute atomic E-state index is 11.6. The number of hydrogen-bond acceptors (Lipinski definition) is 2. The summed E-state index contributed by atoms with van der Waals surface area (Å²) in [7, 11) is -3.03. The van der Waals surface area contributed by atoms with Crippen molar-refractivity contribution in [1.29, 1.82) is 0 Å². The molecule has 1 aliphatic carbocycles. The van der Waals surface area contributed by atoms with Crippen LogP contribution in [0.25, 0.3) is 0 Å². The van der Waals surface area contributed by atoms with E-state index in [-0.39, 0.29) is 11.8 Å². The molecule has 0 spiro atoms. The topological polar surface area (TPSA) is 46.2 Å². The molecule has 1 N–H and O–H groups in total. The predicted molar refractivity (Wildman–Crippen MR) is 63.2 cm³/mol. The molecule has 3 nitrogen and oxygen atoms in total. The Morgan fingerprint density at radius 2 is 1.93 bits per heavy atom. The summed E-state index contributed by atoms with van der Waals surface area (Å²) in [6, 6.07) is 0.165. The molecule has 0 heterocycles. The SMILES string of the molecule is CCCS(=O)(=O)NC1CCC(C)CC1C. The Kier molecular flexibility index (Phi) is 4.59. The number of nitrogens with one attached hydrogen (secondary N) is 1. The second-order valence-corrected chi connectivity index (χ2v) is 6.81. The highest BCUT2D eigenvalue weighted by molar-refractivity contribution is 7.89. The molecule has 0 bridgehead atoms. The van der Waals surface area contributed by atoms with E-state index in [1.807, 2.05) is 6.92 Å². The molecule has 0 aromatic carbocycles. The molecule has 0 aromatic rings. The van der Waals surface area contributed by atoms with Crippen LogP contribution in [-0.4, -0.2) is 20.2 Å². The summed E-state index contributed by atoms with van der Waals surface area (Å²) in [5.41, 5.74) is 0. The molecular formula is C11H23NO2S. The third-order valence-corrected chi connectivity index (χ3v) is 4.84. The van der Waals surface area contributed by atoms with Gasteiger partial charge in [-0.2, -0.15) is 0 Å². The van der Waals surface area contributed by atoms with Gasteiger partial charge in [0.1, 0.15) is 0 Å². The Hall–Kier alpha value is -0.0900. The van der Waals surface area contributed by atoms with Gasteiger partial charge in [-0.3, -0.25) is 0 Å². The molecule has 0 aromatic heterocycles. The number of rotatable bonds is 4. The molecule has 3 atom stereocenters. The van der Waals surface area contributed by atoms with Crippen LogP contribution in [0.1, 0.15) is 46.5 Å². The molecule has 15 heavy (non-hydrogen) atoms. The maximum atomic E-state index is 11.6. The van der Waals surface area contributed by atoms with Crippen molar-refractivity contribution in [2.24, 2.45) is 11.8 Å². The maximum Gasteiger partial charge on any atom is 0.211 e. The summed E-state index contributed by atoms with van der Waals surface area (Å²) in [5, 5.41) is 0. The van der Waals surface area contributed by atoms with Crippen LogP contribution in [0.5, 0.6) is 0 Å². The summed E-state index contributed by atoms with van der Waals surface area (Å²) < 4.78 is 26.1. The minimum Gasteiger partial charge on any atom is -0.212 e. The highest BCUT2D eigenvalue weighted by Crippen LogP contribution is 2.28. The van der Waals surface area contributed by atoms with Crippen LogP contribution in [0.3, 0.4) is 0 Å². The molecule has 3 unspecified atom stereocenters. The molecule has 1 aliphatic rings. The summed E-state index contributed by atoms with van der Waals surface area (Å²) in [4.78, 5) is 0. The van der Waals surface area contributed by atoms with Gasteiger partial charge in [0.05, 0.1) is 5.75 Å². The van der Waals surface area contributed by atoms with Crippen LogP contribution in [0.4, 0.5) is 0 Å². The van der Waals surface area contributed by atoms with Gasteiger partial charge in [0.15, 0.2) is 0 Å². The Bertz CT molecular complexity index is 287. The largest absolute Gasteiger partial charge is 0.212 e. The zero-order chi connectivity index (χ0) is 11.5. The molecule has 0 saturated heterocycles. The van der Waals surface area contributed by atoms with E-state index < -0.39 is 10.0 Å². The monoisotopic (exact) mass is 233 g/mol. The summed E-state index contributed by atoms with van der Waals surface area (Å²) >= 11 is 0. The van der Waals surface area contributed by atoms with Gasteiger partial charge in [0, 0.05) is 6.04 Å². The third-order valence-electron chi connectivity index (χ3n) is 3.24. The van der Waals surface area contributed by atoms with Crippen LogP contribution in [0, 0.1) is 11.8 Å². The van der Waals surface area contributed by atoms with Gasteiger partial charge in [-0.25, -0.2) is 13.1 Å². The lowest BCUT2D eigenvalue weighted by Gasteiger charge is -2.32. The Morgan fingerprint density at radius 3 is 2.47 bits per heavy atom.